The molecule has 38 heavy (non-hydrogen) atoms. The van der Waals surface area contributed by atoms with Gasteiger partial charge in [-0.15, -0.1) is 20.4 Å². The summed E-state index contributed by atoms with van der Waals surface area (Å²) < 4.78 is 5.26. The second kappa shape index (κ2) is 8.59. The molecule has 1 aliphatic rings. The number of hydrazine groups is 3. The molecule has 0 aromatic carbocycles. The highest BCUT2D eigenvalue weighted by Crippen LogP contribution is 2.50. The van der Waals surface area contributed by atoms with Gasteiger partial charge in [-0.05, 0) is 17.3 Å². The van der Waals surface area contributed by atoms with E-state index in [1.165, 1.54) is 12.5 Å². The first kappa shape index (κ1) is 21.3. The molecule has 1 saturated heterocycles. The van der Waals surface area contributed by atoms with Crippen LogP contribution in [-0.4, -0.2) is 60.7 Å². The molecule has 2 N–H and O–H groups in total. The average molecular weight is 508 g/mol. The van der Waals surface area contributed by atoms with Crippen molar-refractivity contribution in [3.05, 3.63) is 97.8 Å². The number of nitrogens with one attached hydrogen (secondary N) is 2. The molecule has 17 heteroatoms. The van der Waals surface area contributed by atoms with E-state index in [2.05, 4.69) is 60.7 Å². The Hall–Kier alpha value is -6.00. The third-order valence-corrected chi connectivity index (χ3v) is 5.70. The number of rotatable bonds is 6. The first-order valence-corrected chi connectivity index (χ1v) is 11.2. The maximum absolute atomic E-state index is 5.26. The van der Waals surface area contributed by atoms with E-state index in [0.717, 1.165) is 0 Å². The second-order valence-corrected chi connectivity index (χ2v) is 7.73. The number of aromatic nitrogens is 12. The summed E-state index contributed by atoms with van der Waals surface area (Å²) in [5.41, 5.74) is -1.06. The summed E-state index contributed by atoms with van der Waals surface area (Å²) >= 11 is 0. The molecule has 1 fully saturated rings. The van der Waals surface area contributed by atoms with E-state index in [1.807, 2.05) is 5.01 Å². The van der Waals surface area contributed by atoms with Crippen LogP contribution in [0, 0.1) is 0 Å². The van der Waals surface area contributed by atoms with E-state index >= 15 is 0 Å². The zero-order chi connectivity index (χ0) is 25.4. The summed E-state index contributed by atoms with van der Waals surface area (Å²) in [4.78, 5) is 26.0. The zero-order valence-electron chi connectivity index (χ0n) is 19.3. The summed E-state index contributed by atoms with van der Waals surface area (Å²) in [5, 5.41) is 30.7. The van der Waals surface area contributed by atoms with Gasteiger partial charge in [0.1, 0.15) is 17.8 Å². The van der Waals surface area contributed by atoms with E-state index in [0.29, 0.717) is 29.0 Å². The van der Waals surface area contributed by atoms with Gasteiger partial charge in [-0.25, -0.2) is 24.9 Å². The molecular formula is C21H16N16O. The van der Waals surface area contributed by atoms with Gasteiger partial charge >= 0.3 is 0 Å². The fourth-order valence-electron chi connectivity index (χ4n) is 4.33. The van der Waals surface area contributed by atoms with Gasteiger partial charge in [0.15, 0.2) is 11.6 Å². The summed E-state index contributed by atoms with van der Waals surface area (Å²) in [7, 11) is 0. The van der Waals surface area contributed by atoms with Crippen molar-refractivity contribution in [1.82, 2.24) is 60.7 Å². The minimum atomic E-state index is -1.47. The predicted molar refractivity (Wildman–Crippen MR) is 128 cm³/mol. The lowest BCUT2D eigenvalue weighted by molar-refractivity contribution is 0.417. The number of H-pyrrole nitrogens is 2. The van der Waals surface area contributed by atoms with Crippen molar-refractivity contribution in [2.75, 3.05) is 20.3 Å². The van der Waals surface area contributed by atoms with Crippen LogP contribution in [0.2, 0.25) is 0 Å². The molecule has 6 aromatic heterocycles. The Balaban J connectivity index is 1.65. The van der Waals surface area contributed by atoms with Crippen LogP contribution in [0.5, 0.6) is 0 Å². The van der Waals surface area contributed by atoms with Gasteiger partial charge in [-0.1, -0.05) is 5.16 Å². The maximum Gasteiger partial charge on any atom is 0.261 e. The van der Waals surface area contributed by atoms with Crippen molar-refractivity contribution in [2.45, 2.75) is 5.66 Å². The van der Waals surface area contributed by atoms with Crippen molar-refractivity contribution in [1.29, 1.82) is 0 Å². The standard InChI is InChI=1S/C21H16N16O/c1-5-26-20(27-6-1)35-21(19-24-11-12-25-19,15-2-7-29-33-30-15)34(16-3-8-28-31-16)36(17-4-13-38-32-17)37(35)18-14-22-9-10-23-18/h1-14H,(H,24,25)(H,28,31). The lowest BCUT2D eigenvalue weighted by Gasteiger charge is -2.38. The Morgan fingerprint density at radius 2 is 1.74 bits per heavy atom. The van der Waals surface area contributed by atoms with Gasteiger partial charge in [0.05, 0.1) is 18.6 Å². The van der Waals surface area contributed by atoms with Gasteiger partial charge in [0.25, 0.3) is 5.66 Å². The minimum absolute atomic E-state index is 0.267. The molecule has 17 nitrogen and oxygen atoms in total. The molecule has 0 amide bonds. The molecule has 6 aromatic rings. The molecule has 0 saturated carbocycles. The van der Waals surface area contributed by atoms with Crippen molar-refractivity contribution in [3.8, 4) is 0 Å². The van der Waals surface area contributed by atoms with Gasteiger partial charge in [0.2, 0.25) is 11.8 Å². The SMILES string of the molecule is c1cnc(N2N(c3cnccn3)N(c3ccon3)N(c3ccn[nH]3)C2(c2ccnnn2)c2ncc[nH]2)nc1. The largest absolute Gasteiger partial charge is 0.362 e. The first-order chi connectivity index (χ1) is 18.9. The van der Waals surface area contributed by atoms with Crippen LogP contribution in [-0.2, 0) is 5.66 Å². The number of hydrogen-bond donors (Lipinski definition) is 2. The summed E-state index contributed by atoms with van der Waals surface area (Å²) in [6.45, 7) is 0. The monoisotopic (exact) mass is 508 g/mol. The van der Waals surface area contributed by atoms with Crippen molar-refractivity contribution in [2.24, 2.45) is 0 Å². The molecule has 0 aliphatic carbocycles. The topological polar surface area (TPSA) is 187 Å². The zero-order valence-corrected chi connectivity index (χ0v) is 19.3. The van der Waals surface area contributed by atoms with Gasteiger partial charge in [-0.3, -0.25) is 10.1 Å². The van der Waals surface area contributed by atoms with Crippen molar-refractivity contribution < 1.29 is 4.52 Å². The average Bonchev–Trinajstić information content (AvgIpc) is 3.80. The second-order valence-electron chi connectivity index (χ2n) is 7.73. The van der Waals surface area contributed by atoms with E-state index < -0.39 is 5.66 Å². The molecule has 1 unspecified atom stereocenters. The molecular weight excluding hydrogens is 492 g/mol. The van der Waals surface area contributed by atoms with Crippen LogP contribution >= 0.6 is 0 Å². The highest BCUT2D eigenvalue weighted by atomic mass is 16.5. The Labute approximate surface area is 212 Å². The molecule has 7 heterocycles. The number of imidazole rings is 1. The fourth-order valence-corrected chi connectivity index (χ4v) is 4.33. The Kier molecular flexibility index (Phi) is 4.81. The number of hydrogen-bond acceptors (Lipinski definition) is 15. The van der Waals surface area contributed by atoms with Gasteiger partial charge in [0, 0.05) is 49.3 Å². The van der Waals surface area contributed by atoms with E-state index in [-0.39, 0.29) is 5.95 Å². The molecule has 0 radical (unpaired) electrons. The number of anilines is 4. The molecule has 186 valence electrons. The summed E-state index contributed by atoms with van der Waals surface area (Å²) in [6.07, 6.45) is 15.9. The fraction of sp³-hybridized carbons (Fsp3) is 0.0476. The smallest absolute Gasteiger partial charge is 0.261 e. The minimum Gasteiger partial charge on any atom is -0.362 e. The maximum atomic E-state index is 5.26. The number of nitrogens with zero attached hydrogens (tertiary/aromatic N) is 14. The van der Waals surface area contributed by atoms with Crippen LogP contribution in [0.3, 0.4) is 0 Å². The molecule has 0 spiro atoms. The molecule has 7 rings (SSSR count). The highest BCUT2D eigenvalue weighted by Gasteiger charge is 2.64. The van der Waals surface area contributed by atoms with E-state index in [1.54, 1.807) is 89.1 Å². The molecule has 1 atom stereocenters. The summed E-state index contributed by atoms with van der Waals surface area (Å²) in [6, 6.07) is 6.90. The van der Waals surface area contributed by atoms with Gasteiger partial charge < -0.3 is 9.51 Å². The predicted octanol–water partition coefficient (Wildman–Crippen LogP) is 0.872. The quantitative estimate of drug-likeness (QED) is 0.322. The van der Waals surface area contributed by atoms with Crippen LogP contribution in [0.15, 0.2) is 90.8 Å². The number of aromatic amines is 2. The van der Waals surface area contributed by atoms with Crippen molar-refractivity contribution in [3.63, 3.8) is 0 Å². The third kappa shape index (κ3) is 3.05. The van der Waals surface area contributed by atoms with Gasteiger partial charge in [-0.2, -0.15) is 10.1 Å². The van der Waals surface area contributed by atoms with E-state index in [9.17, 15) is 0 Å². The Morgan fingerprint density at radius 1 is 0.816 bits per heavy atom. The summed E-state index contributed by atoms with van der Waals surface area (Å²) in [5.74, 6) is 1.99. The Bertz CT molecular complexity index is 1580. The third-order valence-electron chi connectivity index (χ3n) is 5.70. The van der Waals surface area contributed by atoms with Crippen LogP contribution < -0.4 is 20.3 Å². The Morgan fingerprint density at radius 3 is 2.42 bits per heavy atom. The van der Waals surface area contributed by atoms with Crippen molar-refractivity contribution >= 4 is 23.4 Å². The van der Waals surface area contributed by atoms with Crippen LogP contribution in [0.4, 0.5) is 23.4 Å². The lowest BCUT2D eigenvalue weighted by Crippen LogP contribution is -2.57. The molecule has 1 aliphatic heterocycles. The first-order valence-electron chi connectivity index (χ1n) is 11.2. The highest BCUT2D eigenvalue weighted by molar-refractivity contribution is 5.73. The lowest BCUT2D eigenvalue weighted by atomic mass is 10.0. The normalized spacial score (nSPS) is 17.4. The van der Waals surface area contributed by atoms with E-state index in [4.69, 9.17) is 4.52 Å². The molecule has 0 bridgehead atoms. The van der Waals surface area contributed by atoms with Crippen LogP contribution in [0.1, 0.15) is 11.5 Å². The van der Waals surface area contributed by atoms with Crippen LogP contribution in [0.25, 0.3) is 0 Å².